The van der Waals surface area contributed by atoms with Gasteiger partial charge in [0.2, 0.25) is 0 Å². The van der Waals surface area contributed by atoms with Crippen molar-refractivity contribution in [2.45, 2.75) is 43.7 Å². The lowest BCUT2D eigenvalue weighted by atomic mass is 9.81. The van der Waals surface area contributed by atoms with Crippen LogP contribution >= 0.6 is 0 Å². The highest BCUT2D eigenvalue weighted by Gasteiger charge is 2.35. The predicted molar refractivity (Wildman–Crippen MR) is 118 cm³/mol. The number of carbonyl (C=O) groups excluding carboxylic acids is 1. The lowest BCUT2D eigenvalue weighted by Gasteiger charge is -2.35. The Morgan fingerprint density at radius 2 is 1.84 bits per heavy atom. The Balaban J connectivity index is 1.17. The van der Waals surface area contributed by atoms with E-state index in [2.05, 4.69) is 16.9 Å². The third-order valence-electron chi connectivity index (χ3n) is 6.74. The number of nitrogens with one attached hydrogen (secondary N) is 1. The molecule has 0 bridgehead atoms. The van der Waals surface area contributed by atoms with Crippen molar-refractivity contribution in [3.63, 3.8) is 0 Å². The first-order valence-corrected chi connectivity index (χ1v) is 11.0. The summed E-state index contributed by atoms with van der Waals surface area (Å²) in [6.45, 7) is 1.11. The summed E-state index contributed by atoms with van der Waals surface area (Å²) in [6, 6.07) is 12.5. The van der Waals surface area contributed by atoms with E-state index in [4.69, 9.17) is 9.15 Å². The standard InChI is InChI=1S/C24H26FN3O4/c1-27(18-8-4-16(5-9-18)15-2-6-17(25)7-3-15)13-20-14-28(24(30)31-20)19-10-11-21-22(12-19)32-23(29)26-21/h2-3,6-7,10-12,16,18,20H,4-5,8-9,13-14H2,1H3,(H,26,29)/t16-,18-,20?. The molecule has 1 saturated heterocycles. The van der Waals surface area contributed by atoms with Crippen molar-refractivity contribution >= 4 is 22.9 Å². The molecule has 32 heavy (non-hydrogen) atoms. The van der Waals surface area contributed by atoms with E-state index in [1.807, 2.05) is 12.1 Å². The highest BCUT2D eigenvalue weighted by atomic mass is 19.1. The van der Waals surface area contributed by atoms with E-state index in [1.165, 1.54) is 17.7 Å². The SMILES string of the molecule is CN(CC1CN(c2ccc3[nH]c(=O)oc3c2)C(=O)O1)[C@H]1CC[C@H](c2ccc(F)cc2)CC1. The maximum Gasteiger partial charge on any atom is 0.417 e. The zero-order chi connectivity index (χ0) is 22.2. The van der Waals surface area contributed by atoms with Crippen molar-refractivity contribution in [1.82, 2.24) is 9.88 Å². The van der Waals surface area contributed by atoms with Gasteiger partial charge < -0.3 is 9.15 Å². The molecule has 1 aromatic heterocycles. The van der Waals surface area contributed by atoms with Crippen LogP contribution in [-0.4, -0.2) is 48.3 Å². The Kier molecular flexibility index (Phi) is 5.46. The van der Waals surface area contributed by atoms with Gasteiger partial charge in [0.1, 0.15) is 11.9 Å². The number of rotatable bonds is 5. The molecular formula is C24H26FN3O4. The molecule has 3 aromatic rings. The maximum atomic E-state index is 13.2. The van der Waals surface area contributed by atoms with Crippen molar-refractivity contribution in [2.24, 2.45) is 0 Å². The molecule has 1 saturated carbocycles. The number of aromatic amines is 1. The lowest BCUT2D eigenvalue weighted by molar-refractivity contribution is 0.0912. The number of likely N-dealkylation sites (N-methyl/N-ethyl adjacent to an activating group) is 1. The Hall–Kier alpha value is -3.13. The number of aromatic nitrogens is 1. The van der Waals surface area contributed by atoms with E-state index < -0.39 is 5.76 Å². The van der Waals surface area contributed by atoms with Crippen LogP contribution < -0.4 is 10.7 Å². The average Bonchev–Trinajstić information content (AvgIpc) is 3.34. The zero-order valence-electron chi connectivity index (χ0n) is 17.9. The third kappa shape index (κ3) is 4.14. The lowest BCUT2D eigenvalue weighted by Crippen LogP contribution is -2.40. The van der Waals surface area contributed by atoms with Crippen molar-refractivity contribution in [3.05, 3.63) is 64.4 Å². The van der Waals surface area contributed by atoms with Crippen LogP contribution in [0.1, 0.15) is 37.2 Å². The summed E-state index contributed by atoms with van der Waals surface area (Å²) in [5.74, 6) is -0.238. The topological polar surface area (TPSA) is 78.8 Å². The van der Waals surface area contributed by atoms with Gasteiger partial charge in [-0.05, 0) is 68.5 Å². The number of ether oxygens (including phenoxy) is 1. The summed E-state index contributed by atoms with van der Waals surface area (Å²) in [5.41, 5.74) is 2.87. The Labute approximate surface area is 184 Å². The molecule has 2 fully saturated rings. The van der Waals surface area contributed by atoms with Crippen LogP contribution in [0.25, 0.3) is 11.1 Å². The van der Waals surface area contributed by atoms with E-state index >= 15 is 0 Å². The number of carbonyl (C=O) groups is 1. The van der Waals surface area contributed by atoms with Crippen LogP contribution in [0, 0.1) is 5.82 Å². The van der Waals surface area contributed by atoms with Crippen LogP contribution in [0.5, 0.6) is 0 Å². The summed E-state index contributed by atoms with van der Waals surface area (Å²) in [4.78, 5) is 30.3. The molecule has 168 valence electrons. The molecule has 1 aliphatic heterocycles. The fourth-order valence-corrected chi connectivity index (χ4v) is 4.98. The average molecular weight is 439 g/mol. The van der Waals surface area contributed by atoms with E-state index in [0.29, 0.717) is 41.8 Å². The van der Waals surface area contributed by atoms with Gasteiger partial charge in [0.05, 0.1) is 17.7 Å². The van der Waals surface area contributed by atoms with Crippen LogP contribution in [0.15, 0.2) is 51.7 Å². The van der Waals surface area contributed by atoms with E-state index in [0.717, 1.165) is 25.7 Å². The number of anilines is 1. The number of hydrogen-bond acceptors (Lipinski definition) is 5. The number of amides is 1. The highest BCUT2D eigenvalue weighted by Crippen LogP contribution is 2.35. The summed E-state index contributed by atoms with van der Waals surface area (Å²) in [6.07, 6.45) is 3.65. The number of halogens is 1. The van der Waals surface area contributed by atoms with Gasteiger partial charge >= 0.3 is 11.8 Å². The van der Waals surface area contributed by atoms with Gasteiger partial charge in [0.25, 0.3) is 0 Å². The Morgan fingerprint density at radius 1 is 1.09 bits per heavy atom. The molecule has 1 amide bonds. The molecule has 1 N–H and O–H groups in total. The summed E-state index contributed by atoms with van der Waals surface area (Å²) in [7, 11) is 2.08. The zero-order valence-corrected chi connectivity index (χ0v) is 17.9. The van der Waals surface area contributed by atoms with Gasteiger partial charge in [-0.2, -0.15) is 0 Å². The second-order valence-corrected chi connectivity index (χ2v) is 8.81. The number of hydrogen-bond donors (Lipinski definition) is 1. The number of H-pyrrole nitrogens is 1. The molecule has 1 aliphatic carbocycles. The van der Waals surface area contributed by atoms with Gasteiger partial charge in [-0.15, -0.1) is 0 Å². The molecule has 2 heterocycles. The minimum atomic E-state index is -0.519. The smallest absolute Gasteiger partial charge is 0.417 e. The number of benzene rings is 2. The fraction of sp³-hybridized carbons (Fsp3) is 0.417. The van der Waals surface area contributed by atoms with E-state index in [-0.39, 0.29) is 18.0 Å². The van der Waals surface area contributed by atoms with Gasteiger partial charge in [-0.25, -0.2) is 14.0 Å². The van der Waals surface area contributed by atoms with Gasteiger partial charge in [-0.1, -0.05) is 12.1 Å². The molecule has 1 unspecified atom stereocenters. The van der Waals surface area contributed by atoms with Crippen molar-refractivity contribution in [2.75, 3.05) is 25.0 Å². The van der Waals surface area contributed by atoms with Crippen molar-refractivity contribution in [3.8, 4) is 0 Å². The van der Waals surface area contributed by atoms with Gasteiger partial charge in [0, 0.05) is 18.7 Å². The van der Waals surface area contributed by atoms with Crippen molar-refractivity contribution < 1.29 is 18.3 Å². The van der Waals surface area contributed by atoms with E-state index in [9.17, 15) is 14.0 Å². The third-order valence-corrected chi connectivity index (χ3v) is 6.74. The van der Waals surface area contributed by atoms with Gasteiger partial charge in [0.15, 0.2) is 5.58 Å². The molecule has 1 atom stereocenters. The van der Waals surface area contributed by atoms with Crippen molar-refractivity contribution in [1.29, 1.82) is 0 Å². The number of fused-ring (bicyclic) bond motifs is 1. The van der Waals surface area contributed by atoms with Crippen LogP contribution in [0.2, 0.25) is 0 Å². The van der Waals surface area contributed by atoms with Crippen LogP contribution in [-0.2, 0) is 4.74 Å². The molecular weight excluding hydrogens is 413 g/mol. The normalized spacial score (nSPS) is 23.8. The fourth-order valence-electron chi connectivity index (χ4n) is 4.98. The predicted octanol–water partition coefficient (Wildman–Crippen LogP) is 4.24. The first kappa shape index (κ1) is 20.8. The monoisotopic (exact) mass is 439 g/mol. The number of oxazole rings is 1. The van der Waals surface area contributed by atoms with Gasteiger partial charge in [-0.3, -0.25) is 14.8 Å². The number of nitrogens with zero attached hydrogens (tertiary/aromatic N) is 2. The largest absolute Gasteiger partial charge is 0.443 e. The molecule has 2 aliphatic rings. The van der Waals surface area contributed by atoms with Crippen LogP contribution in [0.3, 0.4) is 0 Å². The Bertz CT molecular complexity index is 1160. The number of cyclic esters (lactones) is 1. The Morgan fingerprint density at radius 3 is 2.59 bits per heavy atom. The van der Waals surface area contributed by atoms with E-state index in [1.54, 1.807) is 23.1 Å². The maximum absolute atomic E-state index is 13.2. The highest BCUT2D eigenvalue weighted by molar-refractivity contribution is 5.92. The molecule has 8 heteroatoms. The minimum Gasteiger partial charge on any atom is -0.443 e. The molecule has 2 aromatic carbocycles. The molecule has 0 spiro atoms. The summed E-state index contributed by atoms with van der Waals surface area (Å²) < 4.78 is 23.9. The minimum absolute atomic E-state index is 0.195. The van der Waals surface area contributed by atoms with Crippen LogP contribution in [0.4, 0.5) is 14.9 Å². The first-order chi connectivity index (χ1) is 15.5. The first-order valence-electron chi connectivity index (χ1n) is 11.0. The quantitative estimate of drug-likeness (QED) is 0.643. The molecule has 7 nitrogen and oxygen atoms in total. The molecule has 0 radical (unpaired) electrons. The molecule has 5 rings (SSSR count). The summed E-state index contributed by atoms with van der Waals surface area (Å²) >= 11 is 0. The summed E-state index contributed by atoms with van der Waals surface area (Å²) in [5, 5.41) is 0. The second kappa shape index (κ2) is 8.43. The second-order valence-electron chi connectivity index (χ2n) is 8.81.